The molecular weight excluding hydrogens is 366 g/mol. The van der Waals surface area contributed by atoms with Crippen LogP contribution in [0.4, 0.5) is 10.5 Å². The summed E-state index contributed by atoms with van der Waals surface area (Å²) >= 11 is 0. The van der Waals surface area contributed by atoms with Gasteiger partial charge < -0.3 is 20.3 Å². The third-order valence-electron chi connectivity index (χ3n) is 5.06. The minimum Gasteiger partial charge on any atom is -0.445 e. The number of alkyl carbamates (subject to hydrolysis) is 1. The lowest BCUT2D eigenvalue weighted by molar-refractivity contribution is -0.133. The minimum absolute atomic E-state index is 0.0343. The number of anilines is 1. The van der Waals surface area contributed by atoms with E-state index in [1.165, 1.54) is 0 Å². The average Bonchev–Trinajstić information content (AvgIpc) is 3.20. The maximum Gasteiger partial charge on any atom is 0.408 e. The molecule has 2 aromatic rings. The molecule has 0 spiro atoms. The number of hydrogen-bond donors (Lipinski definition) is 2. The van der Waals surface area contributed by atoms with E-state index in [4.69, 9.17) is 4.74 Å². The van der Waals surface area contributed by atoms with E-state index in [9.17, 15) is 9.59 Å². The normalized spacial score (nSPS) is 17.1. The van der Waals surface area contributed by atoms with Gasteiger partial charge in [-0.2, -0.15) is 0 Å². The van der Waals surface area contributed by atoms with Gasteiger partial charge in [-0.05, 0) is 30.0 Å². The monoisotopic (exact) mass is 395 g/mol. The topological polar surface area (TPSA) is 70.7 Å². The van der Waals surface area contributed by atoms with Crippen molar-refractivity contribution in [3.05, 3.63) is 66.2 Å². The lowest BCUT2D eigenvalue weighted by Gasteiger charge is -2.26. The molecular formula is C23H29N3O3. The molecule has 2 aromatic carbocycles. The predicted molar refractivity (Wildman–Crippen MR) is 113 cm³/mol. The Kier molecular flexibility index (Phi) is 7.11. The molecule has 0 aliphatic carbocycles. The van der Waals surface area contributed by atoms with Crippen molar-refractivity contribution in [1.82, 2.24) is 10.2 Å². The first-order valence-electron chi connectivity index (χ1n) is 10.1. The highest BCUT2D eigenvalue weighted by atomic mass is 16.5. The number of nitrogens with zero attached hydrogens (tertiary/aromatic N) is 1. The molecule has 6 heteroatoms. The highest BCUT2D eigenvalue weighted by Gasteiger charge is 2.33. The van der Waals surface area contributed by atoms with E-state index in [1.807, 2.05) is 79.4 Å². The zero-order valence-electron chi connectivity index (χ0n) is 17.0. The van der Waals surface area contributed by atoms with E-state index in [0.717, 1.165) is 17.7 Å². The van der Waals surface area contributed by atoms with Gasteiger partial charge in [0.1, 0.15) is 12.6 Å². The summed E-state index contributed by atoms with van der Waals surface area (Å²) in [5.74, 6) is -0.0954. The van der Waals surface area contributed by atoms with E-state index >= 15 is 0 Å². The number of nitrogens with one attached hydrogen (secondary N) is 2. The number of likely N-dealkylation sites (tertiary alicyclic amines) is 1. The van der Waals surface area contributed by atoms with Crippen molar-refractivity contribution >= 4 is 17.7 Å². The molecule has 1 aliphatic rings. The quantitative estimate of drug-likeness (QED) is 0.751. The molecule has 0 bridgehead atoms. The Morgan fingerprint density at radius 3 is 2.38 bits per heavy atom. The van der Waals surface area contributed by atoms with E-state index < -0.39 is 12.1 Å². The van der Waals surface area contributed by atoms with Crippen LogP contribution in [0.15, 0.2) is 60.7 Å². The van der Waals surface area contributed by atoms with Gasteiger partial charge in [0.25, 0.3) is 0 Å². The van der Waals surface area contributed by atoms with Crippen LogP contribution in [0.5, 0.6) is 0 Å². The smallest absolute Gasteiger partial charge is 0.408 e. The fourth-order valence-electron chi connectivity index (χ4n) is 3.45. The van der Waals surface area contributed by atoms with Crippen LogP contribution in [0.3, 0.4) is 0 Å². The summed E-state index contributed by atoms with van der Waals surface area (Å²) in [5.41, 5.74) is 1.96. The summed E-state index contributed by atoms with van der Waals surface area (Å²) in [6.45, 7) is 5.33. The summed E-state index contributed by atoms with van der Waals surface area (Å²) < 4.78 is 5.29. The van der Waals surface area contributed by atoms with Gasteiger partial charge in [-0.25, -0.2) is 4.79 Å². The van der Waals surface area contributed by atoms with E-state index in [-0.39, 0.29) is 24.5 Å². The lowest BCUT2D eigenvalue weighted by atomic mass is 10.0. The summed E-state index contributed by atoms with van der Waals surface area (Å²) in [4.78, 5) is 27.1. The number of carbonyl (C=O) groups is 2. The summed E-state index contributed by atoms with van der Waals surface area (Å²) in [5, 5.41) is 6.22. The number of hydrogen-bond acceptors (Lipinski definition) is 4. The molecule has 1 heterocycles. The van der Waals surface area contributed by atoms with Crippen molar-refractivity contribution in [3.63, 3.8) is 0 Å². The lowest BCUT2D eigenvalue weighted by Crippen LogP contribution is -2.51. The fraction of sp³-hybridized carbons (Fsp3) is 0.391. The van der Waals surface area contributed by atoms with Crippen molar-refractivity contribution in [2.45, 2.75) is 39.0 Å². The van der Waals surface area contributed by atoms with Crippen molar-refractivity contribution < 1.29 is 14.3 Å². The highest BCUT2D eigenvalue weighted by molar-refractivity contribution is 5.86. The Morgan fingerprint density at radius 2 is 1.72 bits per heavy atom. The molecule has 1 saturated heterocycles. The Hall–Kier alpha value is -3.02. The molecule has 29 heavy (non-hydrogen) atoms. The first kappa shape index (κ1) is 20.7. The summed E-state index contributed by atoms with van der Waals surface area (Å²) in [7, 11) is 0. The van der Waals surface area contributed by atoms with E-state index in [1.54, 1.807) is 0 Å². The molecule has 1 fully saturated rings. The SMILES string of the molecule is CC(C)[C@H](NC(=O)OCc1ccccc1)C(=O)N1CCC(Nc2ccccc2)C1. The van der Waals surface area contributed by atoms with Gasteiger partial charge in [0.2, 0.25) is 5.91 Å². The molecule has 1 aliphatic heterocycles. The Balaban J connectivity index is 1.52. The third kappa shape index (κ3) is 5.98. The molecule has 2 atom stereocenters. The molecule has 0 saturated carbocycles. The Bertz CT molecular complexity index is 796. The van der Waals surface area contributed by atoms with Gasteiger partial charge in [0, 0.05) is 24.8 Å². The molecule has 1 unspecified atom stereocenters. The molecule has 2 N–H and O–H groups in total. The van der Waals surface area contributed by atoms with Crippen LogP contribution >= 0.6 is 0 Å². The first-order chi connectivity index (χ1) is 14.0. The van der Waals surface area contributed by atoms with Gasteiger partial charge in [0.05, 0.1) is 0 Å². The second kappa shape index (κ2) is 9.96. The van der Waals surface area contributed by atoms with Gasteiger partial charge in [-0.1, -0.05) is 62.4 Å². The maximum absolute atomic E-state index is 13.0. The predicted octanol–water partition coefficient (Wildman–Crippen LogP) is 3.65. The number of carbonyl (C=O) groups excluding carboxylic acids is 2. The van der Waals surface area contributed by atoms with Crippen LogP contribution in [0.1, 0.15) is 25.8 Å². The number of benzene rings is 2. The van der Waals surface area contributed by atoms with Crippen LogP contribution in [0.2, 0.25) is 0 Å². The second-order valence-electron chi connectivity index (χ2n) is 7.71. The zero-order chi connectivity index (χ0) is 20.6. The number of rotatable bonds is 7. The minimum atomic E-state index is -0.603. The maximum atomic E-state index is 13.0. The van der Waals surface area contributed by atoms with Crippen molar-refractivity contribution in [2.24, 2.45) is 5.92 Å². The highest BCUT2D eigenvalue weighted by Crippen LogP contribution is 2.18. The number of ether oxygens (including phenoxy) is 1. The molecule has 0 aromatic heterocycles. The van der Waals surface area contributed by atoms with Crippen molar-refractivity contribution in [1.29, 1.82) is 0 Å². The fourth-order valence-corrected chi connectivity index (χ4v) is 3.45. The third-order valence-corrected chi connectivity index (χ3v) is 5.06. The van der Waals surface area contributed by atoms with Crippen LogP contribution < -0.4 is 10.6 Å². The van der Waals surface area contributed by atoms with Crippen molar-refractivity contribution in [3.8, 4) is 0 Å². The second-order valence-corrected chi connectivity index (χ2v) is 7.71. The summed E-state index contributed by atoms with van der Waals surface area (Å²) in [6.07, 6.45) is 0.309. The molecule has 0 radical (unpaired) electrons. The van der Waals surface area contributed by atoms with Gasteiger partial charge >= 0.3 is 6.09 Å². The van der Waals surface area contributed by atoms with Gasteiger partial charge in [-0.15, -0.1) is 0 Å². The Labute approximate surface area is 172 Å². The van der Waals surface area contributed by atoms with Crippen LogP contribution in [0.25, 0.3) is 0 Å². The average molecular weight is 396 g/mol. The number of para-hydroxylation sites is 1. The summed E-state index contributed by atoms with van der Waals surface area (Å²) in [6, 6.07) is 19.1. The van der Waals surface area contributed by atoms with Gasteiger partial charge in [-0.3, -0.25) is 4.79 Å². The molecule has 154 valence electrons. The standard InChI is InChI=1S/C23H29N3O3/c1-17(2)21(25-23(28)29-16-18-9-5-3-6-10-18)22(27)26-14-13-20(15-26)24-19-11-7-4-8-12-19/h3-12,17,20-21,24H,13-16H2,1-2H3,(H,25,28)/t20?,21-/m0/s1. The van der Waals surface area contributed by atoms with E-state index in [2.05, 4.69) is 10.6 Å². The van der Waals surface area contributed by atoms with Crippen LogP contribution in [-0.4, -0.2) is 42.1 Å². The molecule has 6 nitrogen and oxygen atoms in total. The van der Waals surface area contributed by atoms with Gasteiger partial charge in [0.15, 0.2) is 0 Å². The largest absolute Gasteiger partial charge is 0.445 e. The van der Waals surface area contributed by atoms with E-state index in [0.29, 0.717) is 13.1 Å². The van der Waals surface area contributed by atoms with Crippen molar-refractivity contribution in [2.75, 3.05) is 18.4 Å². The first-order valence-corrected chi connectivity index (χ1v) is 10.1. The molecule has 3 rings (SSSR count). The number of amides is 2. The zero-order valence-corrected chi connectivity index (χ0v) is 17.0. The molecule has 2 amide bonds. The van der Waals surface area contributed by atoms with Crippen LogP contribution in [0, 0.1) is 5.92 Å². The Morgan fingerprint density at radius 1 is 1.07 bits per heavy atom. The van der Waals surface area contributed by atoms with Crippen LogP contribution in [-0.2, 0) is 16.1 Å².